The van der Waals surface area contributed by atoms with Crippen molar-refractivity contribution in [3.05, 3.63) is 60.6 Å². The molecule has 0 aromatic heterocycles. The quantitative estimate of drug-likeness (QED) is 0.682. The van der Waals surface area contributed by atoms with Gasteiger partial charge >= 0.3 is 0 Å². The van der Waals surface area contributed by atoms with Crippen LogP contribution in [0.5, 0.6) is 5.75 Å². The van der Waals surface area contributed by atoms with Gasteiger partial charge in [0.25, 0.3) is 0 Å². The Morgan fingerprint density at radius 3 is 2.42 bits per heavy atom. The minimum atomic E-state index is -0.211. The minimum Gasteiger partial charge on any atom is -0.496 e. The highest BCUT2D eigenvalue weighted by atomic mass is 127. The maximum atomic E-state index is 6.27. The van der Waals surface area contributed by atoms with E-state index in [1.54, 1.807) is 7.11 Å². The first kappa shape index (κ1) is 15.1. The summed E-state index contributed by atoms with van der Waals surface area (Å²) in [6.07, 6.45) is 0. The Hall–Kier alpha value is -0.300. The lowest BCUT2D eigenvalue weighted by molar-refractivity contribution is 0.412. The number of ether oxygens (including phenoxy) is 1. The molecule has 0 aliphatic heterocycles. The molecular weight excluding hydrogens is 440 g/mol. The molecular formula is C14H12BrClINO. The van der Waals surface area contributed by atoms with Crippen molar-refractivity contribution >= 4 is 50.1 Å². The number of methoxy groups -OCH3 is 1. The van der Waals surface area contributed by atoms with E-state index in [0.29, 0.717) is 0 Å². The zero-order valence-electron chi connectivity index (χ0n) is 10.2. The van der Waals surface area contributed by atoms with E-state index in [0.717, 1.165) is 29.9 Å². The molecule has 5 heteroatoms. The molecule has 0 aliphatic rings. The summed E-state index contributed by atoms with van der Waals surface area (Å²) in [5.41, 5.74) is 8.27. The average molecular weight is 453 g/mol. The first-order valence-electron chi connectivity index (χ1n) is 5.57. The molecule has 1 atom stereocenters. The topological polar surface area (TPSA) is 35.2 Å². The van der Waals surface area contributed by atoms with Crippen molar-refractivity contribution in [3.8, 4) is 5.75 Å². The molecule has 0 bridgehead atoms. The Bertz CT molecular complexity index is 606. The first-order valence-corrected chi connectivity index (χ1v) is 7.82. The molecule has 0 amide bonds. The number of hydrogen-bond acceptors (Lipinski definition) is 2. The lowest BCUT2D eigenvalue weighted by Gasteiger charge is -2.15. The summed E-state index contributed by atoms with van der Waals surface area (Å²) in [7, 11) is 1.64. The van der Waals surface area contributed by atoms with Crippen LogP contribution in [0.25, 0.3) is 0 Å². The fraction of sp³-hybridized carbons (Fsp3) is 0.143. The second-order valence-corrected chi connectivity index (χ2v) is 6.47. The third-order valence-electron chi connectivity index (χ3n) is 2.84. The number of benzene rings is 2. The first-order chi connectivity index (χ1) is 9.02. The second kappa shape index (κ2) is 6.43. The van der Waals surface area contributed by atoms with E-state index in [1.807, 2.05) is 36.4 Å². The zero-order chi connectivity index (χ0) is 14.0. The van der Waals surface area contributed by atoms with E-state index in [1.165, 1.54) is 0 Å². The minimum absolute atomic E-state index is 0.211. The predicted molar refractivity (Wildman–Crippen MR) is 90.9 cm³/mol. The molecule has 0 radical (unpaired) electrons. The van der Waals surface area contributed by atoms with Crippen LogP contribution in [-0.4, -0.2) is 7.11 Å². The maximum Gasteiger partial charge on any atom is 0.133 e. The molecule has 2 aromatic carbocycles. The van der Waals surface area contributed by atoms with Crippen LogP contribution in [-0.2, 0) is 0 Å². The van der Waals surface area contributed by atoms with Gasteiger partial charge in [-0.25, -0.2) is 0 Å². The van der Waals surface area contributed by atoms with E-state index in [-0.39, 0.29) is 6.04 Å². The molecule has 2 nitrogen and oxygen atoms in total. The van der Waals surface area contributed by atoms with Crippen LogP contribution in [0.3, 0.4) is 0 Å². The van der Waals surface area contributed by atoms with E-state index in [9.17, 15) is 0 Å². The summed E-state index contributed by atoms with van der Waals surface area (Å²) < 4.78 is 7.12. The fourth-order valence-electron chi connectivity index (χ4n) is 1.77. The van der Waals surface area contributed by atoms with Crippen molar-refractivity contribution in [1.82, 2.24) is 0 Å². The van der Waals surface area contributed by atoms with Gasteiger partial charge in [-0.1, -0.05) is 23.7 Å². The number of halogens is 3. The van der Waals surface area contributed by atoms with Gasteiger partial charge in [0, 0.05) is 3.57 Å². The van der Waals surface area contributed by atoms with Crippen molar-refractivity contribution in [2.75, 3.05) is 7.11 Å². The van der Waals surface area contributed by atoms with Crippen molar-refractivity contribution in [2.45, 2.75) is 6.04 Å². The van der Waals surface area contributed by atoms with Gasteiger partial charge in [0.1, 0.15) is 5.75 Å². The van der Waals surface area contributed by atoms with E-state index in [2.05, 4.69) is 38.5 Å². The maximum absolute atomic E-state index is 6.27. The van der Waals surface area contributed by atoms with Crippen LogP contribution < -0.4 is 10.5 Å². The standard InChI is InChI=1S/C14H12BrClINO/c1-19-13-5-3-8(6-10(13)15)14(18)9-2-4-12(17)11(16)7-9/h2-7,14H,18H2,1H3. The van der Waals surface area contributed by atoms with E-state index < -0.39 is 0 Å². The normalized spacial score (nSPS) is 12.3. The van der Waals surface area contributed by atoms with Crippen molar-refractivity contribution < 1.29 is 4.74 Å². The SMILES string of the molecule is COc1ccc(C(N)c2ccc(I)c(Cl)c2)cc1Br. The van der Waals surface area contributed by atoms with Crippen LogP contribution in [0.2, 0.25) is 5.02 Å². The highest BCUT2D eigenvalue weighted by Crippen LogP contribution is 2.31. The van der Waals surface area contributed by atoms with Crippen molar-refractivity contribution in [3.63, 3.8) is 0 Å². The van der Waals surface area contributed by atoms with Gasteiger partial charge in [0.2, 0.25) is 0 Å². The molecule has 0 saturated heterocycles. The molecule has 100 valence electrons. The Kier molecular flexibility index (Phi) is 5.11. The number of nitrogens with two attached hydrogens (primary N) is 1. The van der Waals surface area contributed by atoms with Crippen LogP contribution in [0.1, 0.15) is 17.2 Å². The van der Waals surface area contributed by atoms with Crippen molar-refractivity contribution in [2.24, 2.45) is 5.73 Å². The fourth-order valence-corrected chi connectivity index (χ4v) is 2.86. The molecule has 0 saturated carbocycles. The summed E-state index contributed by atoms with van der Waals surface area (Å²) in [6.45, 7) is 0. The summed E-state index contributed by atoms with van der Waals surface area (Å²) in [5, 5.41) is 0.723. The lowest BCUT2D eigenvalue weighted by atomic mass is 10.00. The summed E-state index contributed by atoms with van der Waals surface area (Å²) in [4.78, 5) is 0. The van der Waals surface area contributed by atoms with Gasteiger partial charge < -0.3 is 10.5 Å². The van der Waals surface area contributed by atoms with Gasteiger partial charge in [-0.2, -0.15) is 0 Å². The Morgan fingerprint density at radius 1 is 1.21 bits per heavy atom. The van der Waals surface area contributed by atoms with Crippen LogP contribution in [0, 0.1) is 3.57 Å². The largest absolute Gasteiger partial charge is 0.496 e. The molecule has 19 heavy (non-hydrogen) atoms. The summed E-state index contributed by atoms with van der Waals surface area (Å²) >= 11 is 11.8. The Morgan fingerprint density at radius 2 is 1.84 bits per heavy atom. The van der Waals surface area contributed by atoms with Crippen LogP contribution in [0.15, 0.2) is 40.9 Å². The van der Waals surface area contributed by atoms with Gasteiger partial charge in [-0.15, -0.1) is 0 Å². The number of hydrogen-bond donors (Lipinski definition) is 1. The van der Waals surface area contributed by atoms with Crippen LogP contribution in [0.4, 0.5) is 0 Å². The smallest absolute Gasteiger partial charge is 0.133 e. The highest BCUT2D eigenvalue weighted by molar-refractivity contribution is 14.1. The third-order valence-corrected chi connectivity index (χ3v) is 5.03. The lowest BCUT2D eigenvalue weighted by Crippen LogP contribution is -2.12. The van der Waals surface area contributed by atoms with Gasteiger partial charge in [0.15, 0.2) is 0 Å². The van der Waals surface area contributed by atoms with Gasteiger partial charge in [-0.05, 0) is 73.9 Å². The highest BCUT2D eigenvalue weighted by Gasteiger charge is 2.12. The second-order valence-electron chi connectivity index (χ2n) is 4.05. The number of rotatable bonds is 3. The molecule has 0 heterocycles. The van der Waals surface area contributed by atoms with E-state index >= 15 is 0 Å². The van der Waals surface area contributed by atoms with E-state index in [4.69, 9.17) is 22.1 Å². The molecule has 2 N–H and O–H groups in total. The molecule has 0 aliphatic carbocycles. The molecule has 0 spiro atoms. The molecule has 2 rings (SSSR count). The average Bonchev–Trinajstić information content (AvgIpc) is 2.41. The van der Waals surface area contributed by atoms with Crippen LogP contribution >= 0.6 is 50.1 Å². The molecule has 0 fully saturated rings. The Balaban J connectivity index is 2.35. The predicted octanol–water partition coefficient (Wildman–Crippen LogP) is 4.76. The summed E-state index contributed by atoms with van der Waals surface area (Å²) in [6, 6.07) is 11.5. The van der Waals surface area contributed by atoms with Gasteiger partial charge in [0.05, 0.1) is 22.6 Å². The summed E-state index contributed by atoms with van der Waals surface area (Å²) in [5.74, 6) is 0.789. The zero-order valence-corrected chi connectivity index (χ0v) is 14.7. The van der Waals surface area contributed by atoms with Gasteiger partial charge in [-0.3, -0.25) is 0 Å². The monoisotopic (exact) mass is 451 g/mol. The molecule has 2 aromatic rings. The Labute approximate surface area is 139 Å². The third kappa shape index (κ3) is 3.42. The molecule has 1 unspecified atom stereocenters. The van der Waals surface area contributed by atoms with Crippen molar-refractivity contribution in [1.29, 1.82) is 0 Å².